The van der Waals surface area contributed by atoms with Gasteiger partial charge in [-0.1, -0.05) is 11.6 Å². The molecule has 0 aromatic carbocycles. The van der Waals surface area contributed by atoms with Crippen LogP contribution < -0.4 is 5.73 Å². The van der Waals surface area contributed by atoms with E-state index in [0.717, 1.165) is 5.69 Å². The molecular formula is C8H14ClN3O. The van der Waals surface area contributed by atoms with Crippen LogP contribution in [0.15, 0.2) is 6.20 Å². The van der Waals surface area contributed by atoms with E-state index in [2.05, 4.69) is 5.10 Å². The molecule has 1 rings (SSSR count). The van der Waals surface area contributed by atoms with Crippen LogP contribution in [-0.4, -0.2) is 23.0 Å². The molecule has 2 N–H and O–H groups in total. The third-order valence-electron chi connectivity index (χ3n) is 2.13. The van der Waals surface area contributed by atoms with E-state index in [1.54, 1.807) is 18.0 Å². The Labute approximate surface area is 82.6 Å². The monoisotopic (exact) mass is 203 g/mol. The van der Waals surface area contributed by atoms with Crippen molar-refractivity contribution in [1.82, 2.24) is 9.78 Å². The summed E-state index contributed by atoms with van der Waals surface area (Å²) in [6.45, 7) is 1.90. The molecule has 0 aliphatic heterocycles. The molecule has 0 spiro atoms. The summed E-state index contributed by atoms with van der Waals surface area (Å²) in [5.41, 5.74) is 6.73. The van der Waals surface area contributed by atoms with Crippen LogP contribution in [0.3, 0.4) is 0 Å². The van der Waals surface area contributed by atoms with Gasteiger partial charge >= 0.3 is 0 Å². The first-order valence-electron chi connectivity index (χ1n) is 4.03. The molecule has 4 nitrogen and oxygen atoms in total. The molecule has 0 aliphatic carbocycles. The average Bonchev–Trinajstić information content (AvgIpc) is 2.44. The predicted molar refractivity (Wildman–Crippen MR) is 51.6 cm³/mol. The van der Waals surface area contributed by atoms with Gasteiger partial charge < -0.3 is 10.5 Å². The minimum Gasteiger partial charge on any atom is -0.380 e. The first-order valence-corrected chi connectivity index (χ1v) is 4.41. The molecule has 5 heteroatoms. The van der Waals surface area contributed by atoms with Gasteiger partial charge in [-0.2, -0.15) is 5.10 Å². The zero-order valence-electron chi connectivity index (χ0n) is 7.99. The van der Waals surface area contributed by atoms with Crippen molar-refractivity contribution in [2.45, 2.75) is 19.1 Å². The fourth-order valence-electron chi connectivity index (χ4n) is 1.16. The predicted octanol–water partition coefficient (Wildman–Crippen LogP) is 1.11. The van der Waals surface area contributed by atoms with Crippen LogP contribution in [0.25, 0.3) is 0 Å². The number of methoxy groups -OCH3 is 1. The van der Waals surface area contributed by atoms with E-state index in [1.165, 1.54) is 0 Å². The maximum atomic E-state index is 5.92. The summed E-state index contributed by atoms with van der Waals surface area (Å²) < 4.78 is 6.79. The van der Waals surface area contributed by atoms with Crippen molar-refractivity contribution in [1.29, 1.82) is 0 Å². The molecule has 0 fully saturated rings. The molecule has 0 saturated heterocycles. The van der Waals surface area contributed by atoms with Crippen LogP contribution in [-0.2, 0) is 11.8 Å². The van der Waals surface area contributed by atoms with E-state index >= 15 is 0 Å². The van der Waals surface area contributed by atoms with Gasteiger partial charge in [0, 0.05) is 14.2 Å². The van der Waals surface area contributed by atoms with Crippen molar-refractivity contribution in [3.8, 4) is 0 Å². The number of hydrogen-bond donors (Lipinski definition) is 1. The molecule has 1 aromatic rings. The summed E-state index contributed by atoms with van der Waals surface area (Å²) >= 11 is 5.92. The lowest BCUT2D eigenvalue weighted by atomic mass is 10.1. The molecule has 0 bridgehead atoms. The van der Waals surface area contributed by atoms with E-state index in [9.17, 15) is 0 Å². The van der Waals surface area contributed by atoms with Gasteiger partial charge in [-0.05, 0) is 6.92 Å². The topological polar surface area (TPSA) is 53.1 Å². The summed E-state index contributed by atoms with van der Waals surface area (Å²) in [4.78, 5) is 0. The van der Waals surface area contributed by atoms with Crippen LogP contribution >= 0.6 is 11.6 Å². The third kappa shape index (κ3) is 2.02. The number of aromatic nitrogens is 2. The maximum Gasteiger partial charge on any atom is 0.0834 e. The molecule has 0 amide bonds. The lowest BCUT2D eigenvalue weighted by Gasteiger charge is -2.18. The molecule has 13 heavy (non-hydrogen) atoms. The summed E-state index contributed by atoms with van der Waals surface area (Å²) in [6, 6.07) is -0.245. The van der Waals surface area contributed by atoms with Gasteiger partial charge in [0.05, 0.1) is 29.1 Å². The lowest BCUT2D eigenvalue weighted by molar-refractivity contribution is 0.0933. The number of nitrogens with two attached hydrogens (primary N) is 1. The van der Waals surface area contributed by atoms with Gasteiger partial charge in [0.2, 0.25) is 0 Å². The van der Waals surface area contributed by atoms with Gasteiger partial charge in [0.1, 0.15) is 0 Å². The van der Waals surface area contributed by atoms with Crippen molar-refractivity contribution in [2.75, 3.05) is 7.11 Å². The van der Waals surface area contributed by atoms with Crippen LogP contribution in [0, 0.1) is 0 Å². The molecule has 2 atom stereocenters. The summed E-state index contributed by atoms with van der Waals surface area (Å²) in [6.07, 6.45) is 1.51. The Balaban J connectivity index is 2.93. The Bertz CT molecular complexity index is 267. The van der Waals surface area contributed by atoms with Gasteiger partial charge in [0.15, 0.2) is 0 Å². The van der Waals surface area contributed by atoms with E-state index < -0.39 is 0 Å². The number of nitrogens with zero attached hydrogens (tertiary/aromatic N) is 2. The second kappa shape index (κ2) is 4.09. The molecule has 0 aliphatic rings. The number of hydrogen-bond acceptors (Lipinski definition) is 3. The molecule has 1 aromatic heterocycles. The van der Waals surface area contributed by atoms with E-state index in [4.69, 9.17) is 22.1 Å². The van der Waals surface area contributed by atoms with Crippen molar-refractivity contribution in [3.05, 3.63) is 16.9 Å². The Hall–Kier alpha value is -0.580. The Morgan fingerprint density at radius 2 is 2.31 bits per heavy atom. The summed E-state index contributed by atoms with van der Waals surface area (Å²) in [5.74, 6) is 0. The highest BCUT2D eigenvalue weighted by Gasteiger charge is 2.20. The highest BCUT2D eigenvalue weighted by Crippen LogP contribution is 2.23. The third-order valence-corrected chi connectivity index (χ3v) is 2.42. The minimum atomic E-state index is -0.245. The first-order chi connectivity index (χ1) is 6.07. The summed E-state index contributed by atoms with van der Waals surface area (Å²) in [5, 5.41) is 4.59. The van der Waals surface area contributed by atoms with Crippen LogP contribution in [0.2, 0.25) is 5.02 Å². The normalized spacial score (nSPS) is 15.8. The van der Waals surface area contributed by atoms with Crippen molar-refractivity contribution in [3.63, 3.8) is 0 Å². The number of rotatable bonds is 3. The zero-order chi connectivity index (χ0) is 10.0. The standard InChI is InChI=1S/C8H14ClN3O/c1-5(13-3)7(10)8-6(9)4-11-12(8)2/h4-5,7H,10H2,1-3H3. The van der Waals surface area contributed by atoms with Crippen LogP contribution in [0.5, 0.6) is 0 Å². The molecular weight excluding hydrogens is 190 g/mol. The minimum absolute atomic E-state index is 0.0760. The average molecular weight is 204 g/mol. The molecule has 1 heterocycles. The van der Waals surface area contributed by atoms with Crippen LogP contribution in [0.1, 0.15) is 18.7 Å². The summed E-state index contributed by atoms with van der Waals surface area (Å²) in [7, 11) is 3.43. The van der Waals surface area contributed by atoms with Crippen molar-refractivity contribution in [2.24, 2.45) is 12.8 Å². The van der Waals surface area contributed by atoms with Gasteiger partial charge in [-0.15, -0.1) is 0 Å². The van der Waals surface area contributed by atoms with Crippen LogP contribution in [0.4, 0.5) is 0 Å². The highest BCUT2D eigenvalue weighted by molar-refractivity contribution is 6.31. The van der Waals surface area contributed by atoms with Gasteiger partial charge in [0.25, 0.3) is 0 Å². The zero-order valence-corrected chi connectivity index (χ0v) is 8.75. The SMILES string of the molecule is COC(C)C(N)c1c(Cl)cnn1C. The molecule has 74 valence electrons. The highest BCUT2D eigenvalue weighted by atomic mass is 35.5. The Morgan fingerprint density at radius 1 is 1.69 bits per heavy atom. The molecule has 0 radical (unpaired) electrons. The van der Waals surface area contributed by atoms with Gasteiger partial charge in [-0.3, -0.25) is 4.68 Å². The second-order valence-electron chi connectivity index (χ2n) is 2.97. The number of halogens is 1. The quantitative estimate of drug-likeness (QED) is 0.801. The van der Waals surface area contributed by atoms with Crippen molar-refractivity contribution < 1.29 is 4.74 Å². The smallest absolute Gasteiger partial charge is 0.0834 e. The number of ether oxygens (including phenoxy) is 1. The fourth-order valence-corrected chi connectivity index (χ4v) is 1.46. The van der Waals surface area contributed by atoms with E-state index in [-0.39, 0.29) is 12.1 Å². The maximum absolute atomic E-state index is 5.92. The number of aryl methyl sites for hydroxylation is 1. The Kier molecular flexibility index (Phi) is 3.30. The lowest BCUT2D eigenvalue weighted by Crippen LogP contribution is -2.27. The van der Waals surface area contributed by atoms with E-state index in [1.807, 2.05) is 14.0 Å². The molecule has 2 unspecified atom stereocenters. The van der Waals surface area contributed by atoms with Crippen molar-refractivity contribution >= 4 is 11.6 Å². The first kappa shape index (κ1) is 10.5. The van der Waals surface area contributed by atoms with Gasteiger partial charge in [-0.25, -0.2) is 0 Å². The molecule has 0 saturated carbocycles. The fraction of sp³-hybridized carbons (Fsp3) is 0.625. The Morgan fingerprint density at radius 3 is 2.69 bits per heavy atom. The second-order valence-corrected chi connectivity index (χ2v) is 3.38. The van der Waals surface area contributed by atoms with E-state index in [0.29, 0.717) is 5.02 Å². The largest absolute Gasteiger partial charge is 0.380 e.